The van der Waals surface area contributed by atoms with E-state index < -0.39 is 11.8 Å². The second kappa shape index (κ2) is 6.06. The van der Waals surface area contributed by atoms with Crippen molar-refractivity contribution >= 4 is 11.7 Å². The van der Waals surface area contributed by atoms with Gasteiger partial charge in [-0.2, -0.15) is 0 Å². The Morgan fingerprint density at radius 3 is 2.65 bits per heavy atom. The molecule has 2 N–H and O–H groups in total. The molecule has 0 aliphatic carbocycles. The van der Waals surface area contributed by atoms with E-state index in [1.165, 1.54) is 24.3 Å². The van der Waals surface area contributed by atoms with Gasteiger partial charge in [-0.05, 0) is 37.3 Å². The van der Waals surface area contributed by atoms with Gasteiger partial charge < -0.3 is 15.2 Å². The van der Waals surface area contributed by atoms with Crippen molar-refractivity contribution < 1.29 is 18.7 Å². The van der Waals surface area contributed by atoms with Crippen LogP contribution in [0.2, 0.25) is 0 Å². The Kier molecular flexibility index (Phi) is 4.20. The predicted octanol–water partition coefficient (Wildman–Crippen LogP) is 3.38. The van der Waals surface area contributed by atoms with Gasteiger partial charge in [0, 0.05) is 11.8 Å². The van der Waals surface area contributed by atoms with Crippen LogP contribution in [0.3, 0.4) is 0 Å². The van der Waals surface area contributed by atoms with Crippen LogP contribution < -0.4 is 10.5 Å². The van der Waals surface area contributed by atoms with Crippen LogP contribution in [0.5, 0.6) is 11.5 Å². The summed E-state index contributed by atoms with van der Waals surface area (Å²) >= 11 is 0. The fourth-order valence-corrected chi connectivity index (χ4v) is 1.65. The number of halogens is 1. The van der Waals surface area contributed by atoms with Gasteiger partial charge in [0.2, 0.25) is 0 Å². The van der Waals surface area contributed by atoms with Gasteiger partial charge >= 0.3 is 5.97 Å². The molecular weight excluding hydrogens is 261 g/mol. The van der Waals surface area contributed by atoms with Gasteiger partial charge in [-0.1, -0.05) is 6.07 Å². The molecule has 2 aromatic carbocycles. The van der Waals surface area contributed by atoms with Gasteiger partial charge in [-0.3, -0.25) is 0 Å². The molecule has 0 bridgehead atoms. The van der Waals surface area contributed by atoms with Crippen LogP contribution in [0.4, 0.5) is 10.1 Å². The summed E-state index contributed by atoms with van der Waals surface area (Å²) in [5, 5.41) is 0. The summed E-state index contributed by atoms with van der Waals surface area (Å²) in [6.45, 7) is 1.97. The van der Waals surface area contributed by atoms with Crippen LogP contribution in [-0.4, -0.2) is 12.6 Å². The number of anilines is 1. The first-order valence-electron chi connectivity index (χ1n) is 6.10. The topological polar surface area (TPSA) is 61.5 Å². The predicted molar refractivity (Wildman–Crippen MR) is 73.3 cm³/mol. The number of carbonyl (C=O) groups is 1. The molecule has 0 heterocycles. The van der Waals surface area contributed by atoms with E-state index in [0.717, 1.165) is 0 Å². The number of nitrogen functional groups attached to an aromatic ring is 1. The van der Waals surface area contributed by atoms with Gasteiger partial charge in [-0.25, -0.2) is 9.18 Å². The fourth-order valence-electron chi connectivity index (χ4n) is 1.65. The normalized spacial score (nSPS) is 10.1. The average Bonchev–Trinajstić information content (AvgIpc) is 2.41. The summed E-state index contributed by atoms with van der Waals surface area (Å²) in [6.07, 6.45) is 0. The summed E-state index contributed by atoms with van der Waals surface area (Å²) in [4.78, 5) is 11.7. The first kappa shape index (κ1) is 13.9. The molecule has 0 saturated heterocycles. The van der Waals surface area contributed by atoms with Crippen molar-refractivity contribution in [1.82, 2.24) is 0 Å². The average molecular weight is 275 g/mol. The van der Waals surface area contributed by atoms with Crippen LogP contribution in [0.25, 0.3) is 0 Å². The molecule has 2 aromatic rings. The third-order valence-corrected chi connectivity index (χ3v) is 2.55. The maximum absolute atomic E-state index is 13.1. The van der Waals surface area contributed by atoms with Crippen LogP contribution in [0, 0.1) is 5.82 Å². The number of nitrogens with two attached hydrogens (primary N) is 1. The molecule has 0 aromatic heterocycles. The molecule has 0 radical (unpaired) electrons. The number of esters is 1. The maximum Gasteiger partial charge on any atom is 0.340 e. The van der Waals surface area contributed by atoms with Crippen LogP contribution in [-0.2, 0) is 4.74 Å². The second-order valence-corrected chi connectivity index (χ2v) is 4.03. The lowest BCUT2D eigenvalue weighted by molar-refractivity contribution is 0.0527. The zero-order valence-corrected chi connectivity index (χ0v) is 10.9. The molecule has 5 heteroatoms. The van der Waals surface area contributed by atoms with Crippen molar-refractivity contribution in [3.8, 4) is 11.5 Å². The van der Waals surface area contributed by atoms with E-state index in [1.54, 1.807) is 25.1 Å². The largest absolute Gasteiger partial charge is 0.462 e. The summed E-state index contributed by atoms with van der Waals surface area (Å²) in [7, 11) is 0. The van der Waals surface area contributed by atoms with Crippen LogP contribution >= 0.6 is 0 Å². The van der Waals surface area contributed by atoms with E-state index in [-0.39, 0.29) is 12.2 Å². The number of carbonyl (C=O) groups excluding carboxylic acids is 1. The smallest absolute Gasteiger partial charge is 0.340 e. The van der Waals surface area contributed by atoms with Gasteiger partial charge in [-0.15, -0.1) is 0 Å². The van der Waals surface area contributed by atoms with Crippen molar-refractivity contribution in [2.24, 2.45) is 0 Å². The highest BCUT2D eigenvalue weighted by atomic mass is 19.1. The molecule has 2 rings (SSSR count). The van der Waals surface area contributed by atoms with E-state index in [1.807, 2.05) is 0 Å². The van der Waals surface area contributed by atoms with E-state index in [0.29, 0.717) is 17.2 Å². The summed E-state index contributed by atoms with van der Waals surface area (Å²) < 4.78 is 23.4. The SMILES string of the molecule is CCOC(=O)c1cc(Oc2cccc(F)c2)ccc1N. The molecular formula is C15H14FNO3. The molecule has 0 saturated carbocycles. The van der Waals surface area contributed by atoms with E-state index in [9.17, 15) is 9.18 Å². The molecule has 20 heavy (non-hydrogen) atoms. The fraction of sp³-hybridized carbons (Fsp3) is 0.133. The zero-order valence-electron chi connectivity index (χ0n) is 10.9. The second-order valence-electron chi connectivity index (χ2n) is 4.03. The van der Waals surface area contributed by atoms with E-state index >= 15 is 0 Å². The highest BCUT2D eigenvalue weighted by Gasteiger charge is 2.12. The van der Waals surface area contributed by atoms with Gasteiger partial charge in [0.25, 0.3) is 0 Å². The Labute approximate surface area is 115 Å². The molecule has 0 spiro atoms. The zero-order chi connectivity index (χ0) is 14.5. The monoisotopic (exact) mass is 275 g/mol. The minimum Gasteiger partial charge on any atom is -0.462 e. The minimum atomic E-state index is -0.519. The summed E-state index contributed by atoms with van der Waals surface area (Å²) in [5.41, 5.74) is 6.25. The number of rotatable bonds is 4. The summed E-state index contributed by atoms with van der Waals surface area (Å²) in [5.74, 6) is -0.198. The molecule has 0 fully saturated rings. The maximum atomic E-state index is 13.1. The molecule has 0 atom stereocenters. The van der Waals surface area contributed by atoms with Crippen LogP contribution in [0.15, 0.2) is 42.5 Å². The molecule has 0 amide bonds. The lowest BCUT2D eigenvalue weighted by Crippen LogP contribution is -2.08. The lowest BCUT2D eigenvalue weighted by atomic mass is 10.1. The Balaban J connectivity index is 2.25. The summed E-state index contributed by atoms with van der Waals surface area (Å²) in [6, 6.07) is 10.3. The van der Waals surface area contributed by atoms with E-state index in [2.05, 4.69) is 0 Å². The first-order chi connectivity index (χ1) is 9.60. The van der Waals surface area contributed by atoms with Gasteiger partial charge in [0.05, 0.1) is 12.2 Å². The van der Waals surface area contributed by atoms with Crippen molar-refractivity contribution in [1.29, 1.82) is 0 Å². The third kappa shape index (κ3) is 3.26. The van der Waals surface area contributed by atoms with Crippen molar-refractivity contribution in [3.63, 3.8) is 0 Å². The number of hydrogen-bond donors (Lipinski definition) is 1. The Morgan fingerprint density at radius 1 is 1.20 bits per heavy atom. The quantitative estimate of drug-likeness (QED) is 0.686. The Hall–Kier alpha value is -2.56. The molecule has 4 nitrogen and oxygen atoms in total. The van der Waals surface area contributed by atoms with Gasteiger partial charge in [0.15, 0.2) is 0 Å². The van der Waals surface area contributed by atoms with Gasteiger partial charge in [0.1, 0.15) is 17.3 Å². The number of ether oxygens (including phenoxy) is 2. The highest BCUT2D eigenvalue weighted by molar-refractivity contribution is 5.95. The number of hydrogen-bond acceptors (Lipinski definition) is 4. The number of benzene rings is 2. The highest BCUT2D eigenvalue weighted by Crippen LogP contribution is 2.26. The Morgan fingerprint density at radius 2 is 1.95 bits per heavy atom. The van der Waals surface area contributed by atoms with Crippen molar-refractivity contribution in [2.45, 2.75) is 6.92 Å². The lowest BCUT2D eigenvalue weighted by Gasteiger charge is -2.09. The Bertz CT molecular complexity index is 628. The van der Waals surface area contributed by atoms with Crippen LogP contribution in [0.1, 0.15) is 17.3 Å². The molecule has 0 unspecified atom stereocenters. The first-order valence-corrected chi connectivity index (χ1v) is 6.10. The standard InChI is InChI=1S/C15H14FNO3/c1-2-19-15(18)13-9-12(6-7-14(13)17)20-11-5-3-4-10(16)8-11/h3-9H,2,17H2,1H3. The minimum absolute atomic E-state index is 0.223. The molecule has 0 aliphatic heterocycles. The molecule has 104 valence electrons. The van der Waals surface area contributed by atoms with E-state index in [4.69, 9.17) is 15.2 Å². The molecule has 0 aliphatic rings. The third-order valence-electron chi connectivity index (χ3n) is 2.55. The van der Waals surface area contributed by atoms with Crippen molar-refractivity contribution in [3.05, 3.63) is 53.8 Å². The van der Waals surface area contributed by atoms with Crippen molar-refractivity contribution in [2.75, 3.05) is 12.3 Å².